The van der Waals surface area contributed by atoms with Gasteiger partial charge < -0.3 is 19.1 Å². The highest BCUT2D eigenvalue weighted by molar-refractivity contribution is 5.77. The molecule has 34 heavy (non-hydrogen) atoms. The van der Waals surface area contributed by atoms with E-state index in [2.05, 4.69) is 5.10 Å². The van der Waals surface area contributed by atoms with E-state index in [0.717, 1.165) is 34.0 Å². The maximum absolute atomic E-state index is 12.0. The molecule has 0 N–H and O–H groups in total. The van der Waals surface area contributed by atoms with E-state index in [1.807, 2.05) is 84.9 Å². The molecule has 7 nitrogen and oxygen atoms in total. The zero-order chi connectivity index (χ0) is 23.9. The topological polar surface area (TPSA) is 65.8 Å². The van der Waals surface area contributed by atoms with E-state index in [4.69, 9.17) is 14.2 Å². The molecule has 0 aliphatic heterocycles. The van der Waals surface area contributed by atoms with Crippen molar-refractivity contribution in [3.05, 3.63) is 90.5 Å². The van der Waals surface area contributed by atoms with Gasteiger partial charge in [-0.15, -0.1) is 5.10 Å². The van der Waals surface area contributed by atoms with E-state index in [-0.39, 0.29) is 12.5 Å². The SMILES string of the molecule is COc1ccc(-n2nc(OCC(=O)N(C)C)cc2-c2ccc(OCc3ccccc3)cc2)cc1. The summed E-state index contributed by atoms with van der Waals surface area (Å²) in [6, 6.07) is 27.3. The number of hydrogen-bond acceptors (Lipinski definition) is 5. The van der Waals surface area contributed by atoms with Gasteiger partial charge in [0.05, 0.1) is 18.5 Å². The van der Waals surface area contributed by atoms with E-state index in [1.54, 1.807) is 25.9 Å². The van der Waals surface area contributed by atoms with Crippen LogP contribution < -0.4 is 14.2 Å². The first-order valence-electron chi connectivity index (χ1n) is 10.9. The van der Waals surface area contributed by atoms with Crippen LogP contribution in [0.15, 0.2) is 84.9 Å². The highest BCUT2D eigenvalue weighted by Gasteiger charge is 2.15. The van der Waals surface area contributed by atoms with Crippen LogP contribution in [-0.4, -0.2) is 48.4 Å². The molecule has 0 unspecified atom stereocenters. The van der Waals surface area contributed by atoms with Crippen molar-refractivity contribution < 1.29 is 19.0 Å². The van der Waals surface area contributed by atoms with Crippen LogP contribution in [0.3, 0.4) is 0 Å². The average molecular weight is 458 g/mol. The van der Waals surface area contributed by atoms with Gasteiger partial charge in [0, 0.05) is 25.7 Å². The van der Waals surface area contributed by atoms with Crippen molar-refractivity contribution in [3.63, 3.8) is 0 Å². The van der Waals surface area contributed by atoms with Gasteiger partial charge in [0.25, 0.3) is 5.91 Å². The zero-order valence-corrected chi connectivity index (χ0v) is 19.5. The molecule has 0 saturated carbocycles. The molecule has 3 aromatic carbocycles. The van der Waals surface area contributed by atoms with E-state index >= 15 is 0 Å². The van der Waals surface area contributed by atoms with Crippen LogP contribution in [0.2, 0.25) is 0 Å². The number of hydrogen-bond donors (Lipinski definition) is 0. The smallest absolute Gasteiger partial charge is 0.260 e. The summed E-state index contributed by atoms with van der Waals surface area (Å²) < 4.78 is 18.6. The first-order chi connectivity index (χ1) is 16.5. The highest BCUT2D eigenvalue weighted by Crippen LogP contribution is 2.29. The lowest BCUT2D eigenvalue weighted by Crippen LogP contribution is -2.27. The number of carbonyl (C=O) groups excluding carboxylic acids is 1. The fourth-order valence-corrected chi connectivity index (χ4v) is 3.28. The Labute approximate surface area is 199 Å². The lowest BCUT2D eigenvalue weighted by Gasteiger charge is -2.10. The number of ether oxygens (including phenoxy) is 3. The third-order valence-electron chi connectivity index (χ3n) is 5.24. The molecule has 4 aromatic rings. The maximum Gasteiger partial charge on any atom is 0.260 e. The molecule has 0 radical (unpaired) electrons. The van der Waals surface area contributed by atoms with E-state index < -0.39 is 0 Å². The van der Waals surface area contributed by atoms with E-state index in [9.17, 15) is 4.79 Å². The number of rotatable bonds is 9. The van der Waals surface area contributed by atoms with Crippen LogP contribution in [0.4, 0.5) is 0 Å². The molecular weight excluding hydrogens is 430 g/mol. The quantitative estimate of drug-likeness (QED) is 0.368. The molecule has 1 amide bonds. The van der Waals surface area contributed by atoms with Crippen molar-refractivity contribution in [2.24, 2.45) is 0 Å². The van der Waals surface area contributed by atoms with Crippen LogP contribution in [0.1, 0.15) is 5.56 Å². The summed E-state index contributed by atoms with van der Waals surface area (Å²) in [5, 5.41) is 4.59. The molecular formula is C27H27N3O4. The maximum atomic E-state index is 12.0. The Kier molecular flexibility index (Phi) is 7.13. The predicted octanol–water partition coefficient (Wildman–Crippen LogP) is 4.59. The number of amides is 1. The van der Waals surface area contributed by atoms with Gasteiger partial charge in [-0.25, -0.2) is 4.68 Å². The van der Waals surface area contributed by atoms with Crippen molar-refractivity contribution >= 4 is 5.91 Å². The van der Waals surface area contributed by atoms with Crippen molar-refractivity contribution in [1.82, 2.24) is 14.7 Å². The Hall–Kier alpha value is -4.26. The van der Waals surface area contributed by atoms with Crippen molar-refractivity contribution in [3.8, 4) is 34.3 Å². The fraction of sp³-hybridized carbons (Fsp3) is 0.185. The largest absolute Gasteiger partial charge is 0.497 e. The second-order valence-corrected chi connectivity index (χ2v) is 7.85. The lowest BCUT2D eigenvalue weighted by atomic mass is 10.1. The van der Waals surface area contributed by atoms with Crippen molar-refractivity contribution in [2.75, 3.05) is 27.8 Å². The normalized spacial score (nSPS) is 10.6. The molecule has 7 heteroatoms. The van der Waals surface area contributed by atoms with Crippen LogP contribution in [-0.2, 0) is 11.4 Å². The molecule has 1 aromatic heterocycles. The molecule has 0 aliphatic rings. The van der Waals surface area contributed by atoms with Crippen LogP contribution in [0.5, 0.6) is 17.4 Å². The summed E-state index contributed by atoms with van der Waals surface area (Å²) in [5.41, 5.74) is 3.71. The Bertz CT molecular complexity index is 1220. The monoisotopic (exact) mass is 457 g/mol. The highest BCUT2D eigenvalue weighted by atomic mass is 16.5. The molecule has 0 atom stereocenters. The third kappa shape index (κ3) is 5.56. The second-order valence-electron chi connectivity index (χ2n) is 7.85. The van der Waals surface area contributed by atoms with Crippen LogP contribution in [0, 0.1) is 0 Å². The fourth-order valence-electron chi connectivity index (χ4n) is 3.28. The summed E-state index contributed by atoms with van der Waals surface area (Å²) in [4.78, 5) is 13.4. The molecule has 0 aliphatic carbocycles. The number of likely N-dealkylation sites (N-methyl/N-ethyl adjacent to an activating group) is 1. The summed E-state index contributed by atoms with van der Waals surface area (Å²) in [5.74, 6) is 1.76. The molecule has 0 fully saturated rings. The first-order valence-corrected chi connectivity index (χ1v) is 10.9. The summed E-state index contributed by atoms with van der Waals surface area (Å²) in [7, 11) is 5.01. The third-order valence-corrected chi connectivity index (χ3v) is 5.24. The molecule has 0 spiro atoms. The Morgan fingerprint density at radius 2 is 1.56 bits per heavy atom. The van der Waals surface area contributed by atoms with Gasteiger partial charge in [-0.1, -0.05) is 30.3 Å². The number of methoxy groups -OCH3 is 1. The number of carbonyl (C=O) groups is 1. The lowest BCUT2D eigenvalue weighted by molar-refractivity contribution is -0.130. The molecule has 174 valence electrons. The Morgan fingerprint density at radius 3 is 2.21 bits per heavy atom. The average Bonchev–Trinajstić information content (AvgIpc) is 3.31. The summed E-state index contributed by atoms with van der Waals surface area (Å²) >= 11 is 0. The van der Waals surface area contributed by atoms with Gasteiger partial charge in [0.15, 0.2) is 6.61 Å². The molecule has 0 saturated heterocycles. The molecule has 0 bridgehead atoms. The standard InChI is InChI=1S/C27H27N3O4/c1-29(2)27(31)19-34-26-17-25(30(28-26)22-11-15-23(32-3)16-12-22)21-9-13-24(14-10-21)33-18-20-7-5-4-6-8-20/h4-17H,18-19H2,1-3H3. The van der Waals surface area contributed by atoms with Gasteiger partial charge in [0.2, 0.25) is 5.88 Å². The van der Waals surface area contributed by atoms with Crippen LogP contribution >= 0.6 is 0 Å². The Balaban J connectivity index is 1.58. The first kappa shape index (κ1) is 22.9. The van der Waals surface area contributed by atoms with Crippen LogP contribution in [0.25, 0.3) is 16.9 Å². The second kappa shape index (κ2) is 10.6. The van der Waals surface area contributed by atoms with E-state index in [0.29, 0.717) is 12.5 Å². The van der Waals surface area contributed by atoms with Gasteiger partial charge in [-0.3, -0.25) is 4.79 Å². The zero-order valence-electron chi connectivity index (χ0n) is 19.5. The number of aromatic nitrogens is 2. The number of nitrogens with zero attached hydrogens (tertiary/aromatic N) is 3. The summed E-state index contributed by atoms with van der Waals surface area (Å²) in [6.07, 6.45) is 0. The number of benzene rings is 3. The van der Waals surface area contributed by atoms with E-state index in [1.165, 1.54) is 4.90 Å². The Morgan fingerprint density at radius 1 is 0.882 bits per heavy atom. The van der Waals surface area contributed by atoms with Gasteiger partial charge >= 0.3 is 0 Å². The summed E-state index contributed by atoms with van der Waals surface area (Å²) in [6.45, 7) is 0.417. The van der Waals surface area contributed by atoms with Crippen molar-refractivity contribution in [2.45, 2.75) is 6.61 Å². The predicted molar refractivity (Wildman–Crippen MR) is 131 cm³/mol. The van der Waals surface area contributed by atoms with Gasteiger partial charge in [-0.05, 0) is 54.1 Å². The van der Waals surface area contributed by atoms with Gasteiger partial charge in [0.1, 0.15) is 18.1 Å². The minimum Gasteiger partial charge on any atom is -0.497 e. The minimum atomic E-state index is -0.138. The molecule has 4 rings (SSSR count). The molecule has 1 heterocycles. The minimum absolute atomic E-state index is 0.0850. The van der Waals surface area contributed by atoms with Gasteiger partial charge in [-0.2, -0.15) is 0 Å². The van der Waals surface area contributed by atoms with Crippen molar-refractivity contribution in [1.29, 1.82) is 0 Å².